The summed E-state index contributed by atoms with van der Waals surface area (Å²) in [6.07, 6.45) is 5.34. The van der Waals surface area contributed by atoms with Crippen LogP contribution in [0.3, 0.4) is 0 Å². The fraction of sp³-hybridized carbons (Fsp3) is 0.483. The number of rotatable bonds is 9. The van der Waals surface area contributed by atoms with E-state index >= 15 is 0 Å². The zero-order valence-corrected chi connectivity index (χ0v) is 25.4. The Morgan fingerprint density at radius 1 is 1.15 bits per heavy atom. The summed E-state index contributed by atoms with van der Waals surface area (Å²) in [5.41, 5.74) is 3.47. The molecule has 1 aliphatic heterocycles. The predicted octanol–water partition coefficient (Wildman–Crippen LogP) is 5.46. The molecule has 10 heteroatoms. The van der Waals surface area contributed by atoms with Gasteiger partial charge in [0.1, 0.15) is 6.73 Å². The highest BCUT2D eigenvalue weighted by Crippen LogP contribution is 2.29. The number of aliphatic hydroxyl groups is 1. The van der Waals surface area contributed by atoms with E-state index in [9.17, 15) is 9.90 Å². The van der Waals surface area contributed by atoms with E-state index in [1.165, 1.54) is 11.3 Å². The fourth-order valence-electron chi connectivity index (χ4n) is 4.82. The Labute approximate surface area is 234 Å². The molecule has 0 amide bonds. The molecule has 39 heavy (non-hydrogen) atoms. The van der Waals surface area contributed by atoms with Gasteiger partial charge in [0.15, 0.2) is 5.82 Å². The molecule has 1 N–H and O–H groups in total. The monoisotopic (exact) mass is 565 g/mol. The minimum Gasteiger partial charge on any atom is -0.390 e. The van der Waals surface area contributed by atoms with E-state index in [0.29, 0.717) is 13.3 Å². The Kier molecular flexibility index (Phi) is 7.83. The second-order valence-corrected chi connectivity index (χ2v) is 18.8. The third kappa shape index (κ3) is 6.51. The van der Waals surface area contributed by atoms with Gasteiger partial charge in [-0.3, -0.25) is 9.36 Å². The number of hydrogen-bond acceptors (Lipinski definition) is 7. The largest absolute Gasteiger partial charge is 0.390 e. The van der Waals surface area contributed by atoms with Crippen LogP contribution in [0.15, 0.2) is 53.6 Å². The Balaban J connectivity index is 1.26. The average Bonchev–Trinajstić information content (AvgIpc) is 3.50. The van der Waals surface area contributed by atoms with E-state index in [4.69, 9.17) is 9.84 Å². The number of piperidine rings is 1. The lowest BCUT2D eigenvalue weighted by molar-refractivity contribution is 0.0351. The molecule has 4 aromatic rings. The summed E-state index contributed by atoms with van der Waals surface area (Å²) in [5, 5.41) is 15.0. The SMILES string of the molecule is CC(c1ccc2c(c1)sc(=O)n2COCC[Si-](C)(C)C)c1ccn(-c2ccc(N3CCC(C)(O)CC3)cn2)n1. The van der Waals surface area contributed by atoms with Crippen molar-refractivity contribution in [1.29, 1.82) is 0 Å². The molecule has 1 fully saturated rings. The first-order chi connectivity index (χ1) is 18.5. The van der Waals surface area contributed by atoms with Gasteiger partial charge in [0, 0.05) is 31.8 Å². The maximum Gasteiger partial charge on any atom is 0.310 e. The van der Waals surface area contributed by atoms with Crippen LogP contribution in [-0.4, -0.2) is 57.8 Å². The molecule has 1 aromatic carbocycles. The molecule has 8 nitrogen and oxygen atoms in total. The van der Waals surface area contributed by atoms with Crippen molar-refractivity contribution in [2.45, 2.75) is 70.6 Å². The number of nitrogens with zero attached hydrogens (tertiary/aromatic N) is 5. The Hall–Kier alpha value is -2.79. The molecule has 1 atom stereocenters. The van der Waals surface area contributed by atoms with Crippen molar-refractivity contribution in [2.75, 3.05) is 24.6 Å². The molecule has 0 bridgehead atoms. The highest BCUT2D eigenvalue weighted by molar-refractivity contribution is 7.16. The van der Waals surface area contributed by atoms with Crippen LogP contribution in [0.1, 0.15) is 43.9 Å². The summed E-state index contributed by atoms with van der Waals surface area (Å²) < 4.78 is 10.4. The van der Waals surface area contributed by atoms with Crippen molar-refractivity contribution >= 4 is 35.3 Å². The van der Waals surface area contributed by atoms with Gasteiger partial charge in [0.05, 0.1) is 33.4 Å². The third-order valence-corrected chi connectivity index (χ3v) is 10.3. The van der Waals surface area contributed by atoms with Crippen LogP contribution in [-0.2, 0) is 11.5 Å². The van der Waals surface area contributed by atoms with Gasteiger partial charge in [0.25, 0.3) is 0 Å². The highest BCUT2D eigenvalue weighted by atomic mass is 32.1. The zero-order chi connectivity index (χ0) is 27.8. The van der Waals surface area contributed by atoms with Gasteiger partial charge in [-0.1, -0.05) is 24.3 Å². The molecule has 4 heterocycles. The van der Waals surface area contributed by atoms with E-state index in [1.54, 1.807) is 4.57 Å². The first-order valence-electron chi connectivity index (χ1n) is 13.7. The van der Waals surface area contributed by atoms with Crippen LogP contribution >= 0.6 is 11.3 Å². The molecule has 209 valence electrons. The molecule has 1 saturated heterocycles. The summed E-state index contributed by atoms with van der Waals surface area (Å²) in [5.74, 6) is 0.829. The Morgan fingerprint density at radius 3 is 2.62 bits per heavy atom. The number of ether oxygens (including phenoxy) is 1. The summed E-state index contributed by atoms with van der Waals surface area (Å²) in [6.45, 7) is 13.7. The van der Waals surface area contributed by atoms with Crippen molar-refractivity contribution in [3.05, 3.63) is 69.7 Å². The van der Waals surface area contributed by atoms with E-state index in [2.05, 4.69) is 54.6 Å². The van der Waals surface area contributed by atoms with Crippen molar-refractivity contribution in [1.82, 2.24) is 19.3 Å². The lowest BCUT2D eigenvalue weighted by atomic mass is 9.94. The van der Waals surface area contributed by atoms with Gasteiger partial charge >= 0.3 is 4.87 Å². The van der Waals surface area contributed by atoms with Gasteiger partial charge in [-0.25, -0.2) is 9.67 Å². The number of anilines is 1. The van der Waals surface area contributed by atoms with Gasteiger partial charge in [0.2, 0.25) is 0 Å². The van der Waals surface area contributed by atoms with Crippen molar-refractivity contribution in [2.24, 2.45) is 0 Å². The Morgan fingerprint density at radius 2 is 1.92 bits per heavy atom. The zero-order valence-electron chi connectivity index (χ0n) is 23.6. The summed E-state index contributed by atoms with van der Waals surface area (Å²) in [4.78, 5) is 19.6. The first kappa shape index (κ1) is 27.8. The number of aromatic nitrogens is 4. The highest BCUT2D eigenvalue weighted by Gasteiger charge is 2.27. The second kappa shape index (κ2) is 11.0. The minimum atomic E-state index is -1.16. The molecular formula is C29H39N5O3SSi-. The second-order valence-electron chi connectivity index (χ2n) is 12.1. The maximum atomic E-state index is 12.7. The number of fused-ring (bicyclic) bond motifs is 1. The number of thiazole rings is 1. The predicted molar refractivity (Wildman–Crippen MR) is 161 cm³/mol. The fourth-order valence-corrected chi connectivity index (χ4v) is 6.51. The van der Waals surface area contributed by atoms with Crippen LogP contribution < -0.4 is 9.77 Å². The minimum absolute atomic E-state index is 0.0107. The molecule has 0 spiro atoms. The quantitative estimate of drug-likeness (QED) is 0.214. The van der Waals surface area contributed by atoms with Gasteiger partial charge in [-0.05, 0) is 55.7 Å². The van der Waals surface area contributed by atoms with Crippen LogP contribution in [0.5, 0.6) is 0 Å². The molecule has 5 rings (SSSR count). The normalized spacial score (nSPS) is 16.6. The lowest BCUT2D eigenvalue weighted by Crippen LogP contribution is -2.42. The summed E-state index contributed by atoms with van der Waals surface area (Å²) in [6, 6.07) is 13.4. The summed E-state index contributed by atoms with van der Waals surface area (Å²) in [7, 11) is -1.16. The van der Waals surface area contributed by atoms with E-state index in [1.807, 2.05) is 42.2 Å². The molecule has 1 aliphatic rings. The van der Waals surface area contributed by atoms with Crippen LogP contribution in [0.2, 0.25) is 25.7 Å². The number of hydrogen-bond donors (Lipinski definition) is 1. The molecule has 1 unspecified atom stereocenters. The Bertz CT molecular complexity index is 1480. The standard InChI is InChI=1S/C29H39N5O3SSi/c1-21(22-6-8-25-26(18-22)38-28(35)33(25)20-37-16-17-39(3,4)5)24-10-13-34(31-24)27-9-7-23(19-30-27)32-14-11-29(2,36)12-15-32/h6-10,13,18-19,21,36H,11-12,14-17,20H2,1-5H3/q-1. The van der Waals surface area contributed by atoms with Crippen molar-refractivity contribution in [3.8, 4) is 5.82 Å². The molecule has 0 aliphatic carbocycles. The summed E-state index contributed by atoms with van der Waals surface area (Å²) >= 11 is 1.27. The van der Waals surface area contributed by atoms with Gasteiger partial charge < -0.3 is 14.7 Å². The first-order valence-corrected chi connectivity index (χ1v) is 18.2. The van der Waals surface area contributed by atoms with E-state index < -0.39 is 13.7 Å². The molecular weight excluding hydrogens is 527 g/mol. The van der Waals surface area contributed by atoms with E-state index in [-0.39, 0.29) is 10.8 Å². The van der Waals surface area contributed by atoms with Crippen molar-refractivity contribution in [3.63, 3.8) is 0 Å². The smallest absolute Gasteiger partial charge is 0.310 e. The average molecular weight is 566 g/mol. The van der Waals surface area contributed by atoms with Gasteiger partial charge in [-0.15, -0.1) is 14.1 Å². The molecule has 3 aromatic heterocycles. The van der Waals surface area contributed by atoms with E-state index in [0.717, 1.165) is 65.0 Å². The number of benzene rings is 1. The third-order valence-electron chi connectivity index (χ3n) is 7.64. The number of pyridine rings is 1. The van der Waals surface area contributed by atoms with Crippen molar-refractivity contribution < 1.29 is 9.84 Å². The van der Waals surface area contributed by atoms with Crippen LogP contribution in [0.25, 0.3) is 16.0 Å². The maximum absolute atomic E-state index is 12.7. The van der Waals surface area contributed by atoms with Crippen LogP contribution in [0, 0.1) is 0 Å². The lowest BCUT2D eigenvalue weighted by Gasteiger charge is -2.36. The van der Waals surface area contributed by atoms with Gasteiger partial charge in [-0.2, -0.15) is 24.7 Å². The molecule has 0 radical (unpaired) electrons. The van der Waals surface area contributed by atoms with Crippen LogP contribution in [0.4, 0.5) is 5.69 Å². The topological polar surface area (TPSA) is 85.4 Å². The molecule has 0 saturated carbocycles.